The van der Waals surface area contributed by atoms with E-state index in [0.717, 1.165) is 19.4 Å². The largest absolute Gasteiger partial charge is 0.481 e. The van der Waals surface area contributed by atoms with Crippen LogP contribution in [0.1, 0.15) is 25.7 Å². The molecule has 0 aromatic rings. The standard InChI is InChI=1S/C17H24O7/c18-16(19)15-13(17(20)24-8-12-7-23-12)2-1-9(3-10-5-21-10)14(15)4-11-6-22-11/h9-15H,1-8H2,(H,18,19). The Kier molecular flexibility index (Phi) is 4.49. The average Bonchev–Trinajstić information content (AvgIpc) is 3.39. The Balaban J connectivity index is 1.46. The third-order valence-corrected chi connectivity index (χ3v) is 5.66. The Morgan fingerprint density at radius 3 is 2.17 bits per heavy atom. The van der Waals surface area contributed by atoms with Gasteiger partial charge in [-0.15, -0.1) is 0 Å². The van der Waals surface area contributed by atoms with Crippen LogP contribution in [0.2, 0.25) is 0 Å². The van der Waals surface area contributed by atoms with Crippen molar-refractivity contribution in [1.82, 2.24) is 0 Å². The van der Waals surface area contributed by atoms with Gasteiger partial charge in [0.25, 0.3) is 0 Å². The fraction of sp³-hybridized carbons (Fsp3) is 0.882. The van der Waals surface area contributed by atoms with E-state index < -0.39 is 17.8 Å². The van der Waals surface area contributed by atoms with Gasteiger partial charge in [-0.2, -0.15) is 0 Å². The molecule has 1 N–H and O–H groups in total. The van der Waals surface area contributed by atoms with Crippen LogP contribution in [0, 0.1) is 23.7 Å². The van der Waals surface area contributed by atoms with Crippen molar-refractivity contribution >= 4 is 11.9 Å². The van der Waals surface area contributed by atoms with E-state index in [4.69, 9.17) is 18.9 Å². The van der Waals surface area contributed by atoms with Gasteiger partial charge in [0.1, 0.15) is 12.7 Å². The number of carbonyl (C=O) groups is 2. The highest BCUT2D eigenvalue weighted by atomic mass is 16.6. The first-order valence-electron chi connectivity index (χ1n) is 8.86. The maximum Gasteiger partial charge on any atom is 0.309 e. The van der Waals surface area contributed by atoms with Gasteiger partial charge < -0.3 is 24.1 Å². The van der Waals surface area contributed by atoms with Crippen molar-refractivity contribution in [2.24, 2.45) is 23.7 Å². The van der Waals surface area contributed by atoms with Crippen LogP contribution in [-0.2, 0) is 28.5 Å². The molecule has 7 nitrogen and oxygen atoms in total. The summed E-state index contributed by atoms with van der Waals surface area (Å²) in [6, 6.07) is 0. The van der Waals surface area contributed by atoms with Crippen LogP contribution >= 0.6 is 0 Å². The number of carboxylic acids is 1. The predicted molar refractivity (Wildman–Crippen MR) is 80.2 cm³/mol. The van der Waals surface area contributed by atoms with E-state index in [1.54, 1.807) is 0 Å². The van der Waals surface area contributed by atoms with E-state index in [0.29, 0.717) is 26.1 Å². The first kappa shape index (κ1) is 16.3. The number of esters is 1. The first-order chi connectivity index (χ1) is 11.6. The van der Waals surface area contributed by atoms with Crippen molar-refractivity contribution in [3.8, 4) is 0 Å². The third kappa shape index (κ3) is 3.90. The summed E-state index contributed by atoms with van der Waals surface area (Å²) in [5.74, 6) is -2.32. The number of hydrogen-bond donors (Lipinski definition) is 1. The van der Waals surface area contributed by atoms with Crippen molar-refractivity contribution < 1.29 is 33.6 Å². The van der Waals surface area contributed by atoms with Crippen LogP contribution in [0.3, 0.4) is 0 Å². The maximum atomic E-state index is 12.4. The van der Waals surface area contributed by atoms with Crippen molar-refractivity contribution in [3.05, 3.63) is 0 Å². The highest BCUT2D eigenvalue weighted by Crippen LogP contribution is 2.46. The second-order valence-electron chi connectivity index (χ2n) is 7.44. The third-order valence-electron chi connectivity index (χ3n) is 5.66. The van der Waals surface area contributed by atoms with Gasteiger partial charge in [-0.1, -0.05) is 0 Å². The molecule has 0 radical (unpaired) electrons. The number of ether oxygens (including phenoxy) is 4. The van der Waals surface area contributed by atoms with Crippen LogP contribution in [0.5, 0.6) is 0 Å². The fourth-order valence-electron chi connectivity index (χ4n) is 4.13. The smallest absolute Gasteiger partial charge is 0.309 e. The zero-order valence-electron chi connectivity index (χ0n) is 13.6. The van der Waals surface area contributed by atoms with Gasteiger partial charge in [-0.3, -0.25) is 9.59 Å². The molecule has 1 aliphatic carbocycles. The molecule has 4 aliphatic rings. The van der Waals surface area contributed by atoms with Crippen LogP contribution in [0.15, 0.2) is 0 Å². The van der Waals surface area contributed by atoms with E-state index in [-0.39, 0.29) is 42.7 Å². The van der Waals surface area contributed by atoms with Crippen LogP contribution in [0.4, 0.5) is 0 Å². The first-order valence-corrected chi connectivity index (χ1v) is 8.86. The number of carboxylic acid groups (broad SMARTS) is 1. The normalized spacial score (nSPS) is 43.1. The summed E-state index contributed by atoms with van der Waals surface area (Å²) in [6.45, 7) is 2.32. The molecule has 3 saturated heterocycles. The number of epoxide rings is 3. The topological polar surface area (TPSA) is 101 Å². The van der Waals surface area contributed by atoms with Crippen LogP contribution in [-0.4, -0.2) is 61.8 Å². The van der Waals surface area contributed by atoms with Crippen molar-refractivity contribution in [2.45, 2.75) is 44.0 Å². The minimum Gasteiger partial charge on any atom is -0.481 e. The van der Waals surface area contributed by atoms with E-state index in [2.05, 4.69) is 0 Å². The molecule has 3 aliphatic heterocycles. The van der Waals surface area contributed by atoms with Gasteiger partial charge in [0.15, 0.2) is 0 Å². The van der Waals surface area contributed by atoms with E-state index in [9.17, 15) is 14.7 Å². The molecule has 7 heteroatoms. The van der Waals surface area contributed by atoms with Gasteiger partial charge in [0, 0.05) is 0 Å². The summed E-state index contributed by atoms with van der Waals surface area (Å²) >= 11 is 0. The molecular weight excluding hydrogens is 316 g/mol. The summed E-state index contributed by atoms with van der Waals surface area (Å²) in [7, 11) is 0. The summed E-state index contributed by atoms with van der Waals surface area (Å²) in [5, 5.41) is 9.81. The molecule has 0 aromatic carbocycles. The fourth-order valence-corrected chi connectivity index (χ4v) is 4.13. The zero-order valence-corrected chi connectivity index (χ0v) is 13.6. The maximum absolute atomic E-state index is 12.4. The average molecular weight is 340 g/mol. The lowest BCUT2D eigenvalue weighted by molar-refractivity contribution is -0.164. The molecule has 3 heterocycles. The summed E-state index contributed by atoms with van der Waals surface area (Å²) in [4.78, 5) is 24.4. The Labute approximate surface area is 140 Å². The van der Waals surface area contributed by atoms with Crippen LogP contribution < -0.4 is 0 Å². The monoisotopic (exact) mass is 340 g/mol. The minimum absolute atomic E-state index is 0.00348. The molecule has 0 bridgehead atoms. The molecule has 4 rings (SSSR count). The second kappa shape index (κ2) is 6.61. The van der Waals surface area contributed by atoms with E-state index in [1.165, 1.54) is 0 Å². The van der Waals surface area contributed by atoms with E-state index >= 15 is 0 Å². The molecular formula is C17H24O7. The minimum atomic E-state index is -0.897. The molecule has 134 valence electrons. The number of aliphatic carboxylic acids is 1. The molecule has 0 amide bonds. The quantitative estimate of drug-likeness (QED) is 0.516. The van der Waals surface area contributed by atoms with Gasteiger partial charge in [0.2, 0.25) is 0 Å². The lowest BCUT2D eigenvalue weighted by atomic mass is 9.63. The number of carbonyl (C=O) groups excluding carboxylic acids is 1. The molecule has 0 aromatic heterocycles. The molecule has 1 saturated carbocycles. The Hall–Kier alpha value is -1.18. The molecule has 24 heavy (non-hydrogen) atoms. The molecule has 0 spiro atoms. The van der Waals surface area contributed by atoms with Gasteiger partial charge in [0.05, 0.1) is 43.9 Å². The van der Waals surface area contributed by atoms with Crippen LogP contribution in [0.25, 0.3) is 0 Å². The van der Waals surface area contributed by atoms with Gasteiger partial charge >= 0.3 is 11.9 Å². The van der Waals surface area contributed by atoms with Crippen molar-refractivity contribution in [2.75, 3.05) is 26.4 Å². The summed E-state index contributed by atoms with van der Waals surface area (Å²) in [6.07, 6.45) is 3.43. The van der Waals surface area contributed by atoms with Gasteiger partial charge in [-0.25, -0.2) is 0 Å². The summed E-state index contributed by atoms with van der Waals surface area (Å²) in [5.41, 5.74) is 0. The highest BCUT2D eigenvalue weighted by molar-refractivity contribution is 5.81. The van der Waals surface area contributed by atoms with Crippen molar-refractivity contribution in [1.29, 1.82) is 0 Å². The highest BCUT2D eigenvalue weighted by Gasteiger charge is 2.50. The van der Waals surface area contributed by atoms with Gasteiger partial charge in [-0.05, 0) is 37.5 Å². The lowest BCUT2D eigenvalue weighted by Crippen LogP contribution is -2.44. The number of hydrogen-bond acceptors (Lipinski definition) is 6. The predicted octanol–water partition coefficient (Wildman–Crippen LogP) is 0.849. The Bertz CT molecular complexity index is 495. The molecule has 7 unspecified atom stereocenters. The summed E-state index contributed by atoms with van der Waals surface area (Å²) < 4.78 is 21.0. The zero-order chi connectivity index (χ0) is 16.7. The second-order valence-corrected chi connectivity index (χ2v) is 7.44. The lowest BCUT2D eigenvalue weighted by Gasteiger charge is -2.40. The molecule has 4 fully saturated rings. The Morgan fingerprint density at radius 2 is 1.58 bits per heavy atom. The number of rotatable bonds is 8. The SMILES string of the molecule is O=C(OCC1CO1)C1CCC(CC2CO2)C(CC2CO2)C1C(=O)O. The van der Waals surface area contributed by atoms with Crippen molar-refractivity contribution in [3.63, 3.8) is 0 Å². The van der Waals surface area contributed by atoms with E-state index in [1.807, 2.05) is 0 Å². The molecule has 7 atom stereocenters. The Morgan fingerprint density at radius 1 is 0.958 bits per heavy atom.